The minimum absolute atomic E-state index is 0.0633. The largest absolute Gasteiger partial charge is 0.383 e. The van der Waals surface area contributed by atoms with E-state index in [0.717, 1.165) is 27.4 Å². The molecule has 0 fully saturated rings. The van der Waals surface area contributed by atoms with E-state index in [2.05, 4.69) is 14.9 Å². The standard InChI is InChI=1S/C20H22ClN3O2S/c1-13-4-6-16(10-14(13)2)22-19(25)12-27-20-23-17-11-15(21)5-7-18(17)24(20)8-9-26-3/h4-7,10-11H,8-9,12H2,1-3H3,(H,22,25). The molecule has 7 heteroatoms. The molecular weight excluding hydrogens is 382 g/mol. The Bertz CT molecular complexity index is 971. The molecule has 0 aliphatic carbocycles. The van der Waals surface area contributed by atoms with Crippen LogP contribution in [-0.2, 0) is 16.1 Å². The molecule has 0 saturated heterocycles. The lowest BCUT2D eigenvalue weighted by molar-refractivity contribution is -0.113. The number of anilines is 1. The van der Waals surface area contributed by atoms with Crippen molar-refractivity contribution in [3.05, 3.63) is 52.5 Å². The first-order valence-electron chi connectivity index (χ1n) is 8.62. The first-order chi connectivity index (χ1) is 13.0. The fourth-order valence-electron chi connectivity index (χ4n) is 2.74. The number of fused-ring (bicyclic) bond motifs is 1. The average molecular weight is 404 g/mol. The van der Waals surface area contributed by atoms with Crippen LogP contribution in [0.1, 0.15) is 11.1 Å². The van der Waals surface area contributed by atoms with Gasteiger partial charge < -0.3 is 14.6 Å². The Labute approximate surface area is 168 Å². The number of carbonyl (C=O) groups excluding carboxylic acids is 1. The lowest BCUT2D eigenvalue weighted by atomic mass is 10.1. The van der Waals surface area contributed by atoms with Crippen molar-refractivity contribution >= 4 is 46.0 Å². The molecular formula is C20H22ClN3O2S. The molecule has 142 valence electrons. The Hall–Kier alpha value is -2.02. The van der Waals surface area contributed by atoms with E-state index in [1.165, 1.54) is 17.3 Å². The molecule has 0 atom stereocenters. The zero-order valence-electron chi connectivity index (χ0n) is 15.6. The first kappa shape index (κ1) is 19.7. The van der Waals surface area contributed by atoms with Crippen molar-refractivity contribution in [2.24, 2.45) is 0 Å². The maximum absolute atomic E-state index is 12.4. The zero-order valence-corrected chi connectivity index (χ0v) is 17.2. The van der Waals surface area contributed by atoms with Gasteiger partial charge in [-0.15, -0.1) is 0 Å². The van der Waals surface area contributed by atoms with Gasteiger partial charge in [0.25, 0.3) is 0 Å². The topological polar surface area (TPSA) is 56.1 Å². The molecule has 2 aromatic carbocycles. The number of amides is 1. The van der Waals surface area contributed by atoms with E-state index in [1.807, 2.05) is 50.2 Å². The normalized spacial score (nSPS) is 11.1. The first-order valence-corrected chi connectivity index (χ1v) is 9.99. The smallest absolute Gasteiger partial charge is 0.234 e. The van der Waals surface area contributed by atoms with Gasteiger partial charge in [-0.3, -0.25) is 4.79 Å². The number of thioether (sulfide) groups is 1. The second-order valence-corrected chi connectivity index (χ2v) is 7.69. The maximum Gasteiger partial charge on any atom is 0.234 e. The second-order valence-electron chi connectivity index (χ2n) is 6.31. The summed E-state index contributed by atoms with van der Waals surface area (Å²) >= 11 is 7.49. The molecule has 0 aliphatic rings. The van der Waals surface area contributed by atoms with Crippen LogP contribution in [0.25, 0.3) is 11.0 Å². The van der Waals surface area contributed by atoms with E-state index < -0.39 is 0 Å². The highest BCUT2D eigenvalue weighted by Gasteiger charge is 2.13. The van der Waals surface area contributed by atoms with E-state index in [4.69, 9.17) is 16.3 Å². The number of hydrogen-bond acceptors (Lipinski definition) is 4. The van der Waals surface area contributed by atoms with Gasteiger partial charge in [0.05, 0.1) is 23.4 Å². The summed E-state index contributed by atoms with van der Waals surface area (Å²) in [5.74, 6) is 0.211. The van der Waals surface area contributed by atoms with E-state index in [-0.39, 0.29) is 11.7 Å². The Morgan fingerprint density at radius 1 is 1.22 bits per heavy atom. The Kier molecular flexibility index (Phi) is 6.42. The zero-order chi connectivity index (χ0) is 19.4. The summed E-state index contributed by atoms with van der Waals surface area (Å²) in [6, 6.07) is 11.5. The highest BCUT2D eigenvalue weighted by Crippen LogP contribution is 2.26. The number of nitrogens with zero attached hydrogens (tertiary/aromatic N) is 2. The van der Waals surface area contributed by atoms with E-state index in [9.17, 15) is 4.79 Å². The average Bonchev–Trinajstić information content (AvgIpc) is 2.97. The van der Waals surface area contributed by atoms with Gasteiger partial charge in [0, 0.05) is 24.4 Å². The number of aromatic nitrogens is 2. The van der Waals surface area contributed by atoms with Gasteiger partial charge in [-0.1, -0.05) is 29.4 Å². The summed E-state index contributed by atoms with van der Waals surface area (Å²) < 4.78 is 7.26. The minimum Gasteiger partial charge on any atom is -0.383 e. The quantitative estimate of drug-likeness (QED) is 0.582. The monoisotopic (exact) mass is 403 g/mol. The predicted octanol–water partition coefficient (Wildman–Crippen LogP) is 4.68. The van der Waals surface area contributed by atoms with Gasteiger partial charge in [0.15, 0.2) is 5.16 Å². The van der Waals surface area contributed by atoms with Gasteiger partial charge in [0.1, 0.15) is 0 Å². The molecule has 1 heterocycles. The molecule has 0 bridgehead atoms. The molecule has 0 aliphatic heterocycles. The van der Waals surface area contributed by atoms with Crippen molar-refractivity contribution in [1.29, 1.82) is 0 Å². The summed E-state index contributed by atoms with van der Waals surface area (Å²) in [5, 5.41) is 4.36. The SMILES string of the molecule is COCCn1c(SCC(=O)Nc2ccc(C)c(C)c2)nc2cc(Cl)ccc21. The van der Waals surface area contributed by atoms with Crippen LogP contribution in [-0.4, -0.2) is 34.9 Å². The van der Waals surface area contributed by atoms with Crippen molar-refractivity contribution < 1.29 is 9.53 Å². The molecule has 0 saturated carbocycles. The maximum atomic E-state index is 12.4. The van der Waals surface area contributed by atoms with Gasteiger partial charge >= 0.3 is 0 Å². The van der Waals surface area contributed by atoms with Crippen molar-refractivity contribution in [3.63, 3.8) is 0 Å². The summed E-state index contributed by atoms with van der Waals surface area (Å²) in [7, 11) is 1.67. The number of halogens is 1. The number of aryl methyl sites for hydroxylation is 2. The number of imidazole rings is 1. The van der Waals surface area contributed by atoms with Gasteiger partial charge in [-0.05, 0) is 55.3 Å². The third-order valence-electron chi connectivity index (χ3n) is 4.32. The second kappa shape index (κ2) is 8.78. The van der Waals surface area contributed by atoms with Crippen molar-refractivity contribution in [2.45, 2.75) is 25.5 Å². The Morgan fingerprint density at radius 3 is 2.78 bits per heavy atom. The lowest BCUT2D eigenvalue weighted by Gasteiger charge is -2.09. The molecule has 3 aromatic rings. The molecule has 0 unspecified atom stereocenters. The number of benzene rings is 2. The highest BCUT2D eigenvalue weighted by atomic mass is 35.5. The van der Waals surface area contributed by atoms with Crippen LogP contribution in [0.2, 0.25) is 5.02 Å². The van der Waals surface area contributed by atoms with E-state index >= 15 is 0 Å². The third-order valence-corrected chi connectivity index (χ3v) is 5.53. The number of rotatable bonds is 7. The molecule has 1 N–H and O–H groups in total. The fourth-order valence-corrected chi connectivity index (χ4v) is 3.74. The number of hydrogen-bond donors (Lipinski definition) is 1. The molecule has 1 amide bonds. The summed E-state index contributed by atoms with van der Waals surface area (Å²) in [6.07, 6.45) is 0. The highest BCUT2D eigenvalue weighted by molar-refractivity contribution is 7.99. The number of ether oxygens (including phenoxy) is 1. The molecule has 0 spiro atoms. The molecule has 27 heavy (non-hydrogen) atoms. The molecule has 3 rings (SSSR count). The van der Waals surface area contributed by atoms with Crippen molar-refractivity contribution in [2.75, 3.05) is 24.8 Å². The van der Waals surface area contributed by atoms with Crippen LogP contribution in [0.5, 0.6) is 0 Å². The number of methoxy groups -OCH3 is 1. The lowest BCUT2D eigenvalue weighted by Crippen LogP contribution is -2.15. The van der Waals surface area contributed by atoms with Crippen LogP contribution in [0.4, 0.5) is 5.69 Å². The summed E-state index contributed by atoms with van der Waals surface area (Å²) in [5.41, 5.74) is 4.96. The van der Waals surface area contributed by atoms with E-state index in [0.29, 0.717) is 18.2 Å². The van der Waals surface area contributed by atoms with Gasteiger partial charge in [-0.25, -0.2) is 4.98 Å². The van der Waals surface area contributed by atoms with Crippen molar-refractivity contribution in [3.8, 4) is 0 Å². The van der Waals surface area contributed by atoms with Crippen LogP contribution in [0.15, 0.2) is 41.6 Å². The Balaban J connectivity index is 1.73. The molecule has 0 radical (unpaired) electrons. The predicted molar refractivity (Wildman–Crippen MR) is 112 cm³/mol. The van der Waals surface area contributed by atoms with Crippen molar-refractivity contribution in [1.82, 2.24) is 9.55 Å². The Morgan fingerprint density at radius 2 is 2.04 bits per heavy atom. The summed E-state index contributed by atoms with van der Waals surface area (Å²) in [6.45, 7) is 5.31. The molecule has 5 nitrogen and oxygen atoms in total. The number of carbonyl (C=O) groups is 1. The van der Waals surface area contributed by atoms with Crippen LogP contribution in [0.3, 0.4) is 0 Å². The van der Waals surface area contributed by atoms with Gasteiger partial charge in [0.2, 0.25) is 5.91 Å². The van der Waals surface area contributed by atoms with E-state index in [1.54, 1.807) is 7.11 Å². The summed E-state index contributed by atoms with van der Waals surface area (Å²) in [4.78, 5) is 17.0. The molecule has 1 aromatic heterocycles. The van der Waals surface area contributed by atoms with Gasteiger partial charge in [-0.2, -0.15) is 0 Å². The third kappa shape index (κ3) is 4.83. The van der Waals surface area contributed by atoms with Crippen LogP contribution in [0, 0.1) is 13.8 Å². The van der Waals surface area contributed by atoms with Crippen LogP contribution < -0.4 is 5.32 Å². The minimum atomic E-state index is -0.0633. The number of nitrogens with one attached hydrogen (secondary N) is 1. The van der Waals surface area contributed by atoms with Crippen LogP contribution >= 0.6 is 23.4 Å². The fraction of sp³-hybridized carbons (Fsp3) is 0.300.